The normalized spacial score (nSPS) is 12.9. The third kappa shape index (κ3) is 3.88. The van der Waals surface area contributed by atoms with Crippen molar-refractivity contribution in [3.8, 4) is 5.75 Å². The number of nitrogens with zero attached hydrogens (tertiary/aromatic N) is 1. The highest BCUT2D eigenvalue weighted by atomic mass is 35.5. The Morgan fingerprint density at radius 3 is 3.04 bits per heavy atom. The van der Waals surface area contributed by atoms with E-state index in [1.807, 2.05) is 19.1 Å². The Balaban J connectivity index is 0.00000208. The zero-order chi connectivity index (χ0) is 16.2. The van der Waals surface area contributed by atoms with Crippen molar-refractivity contribution >= 4 is 18.3 Å². The van der Waals surface area contributed by atoms with Crippen molar-refractivity contribution in [1.82, 2.24) is 20.8 Å². The SMILES string of the molecule is COc1cc(CCNC(=O)c2n[nH]c3c2CNCC3)ccc1C.Cl. The summed E-state index contributed by atoms with van der Waals surface area (Å²) in [7, 11) is 1.67. The van der Waals surface area contributed by atoms with Crippen molar-refractivity contribution < 1.29 is 9.53 Å². The number of methoxy groups -OCH3 is 1. The topological polar surface area (TPSA) is 79.0 Å². The van der Waals surface area contributed by atoms with Gasteiger partial charge in [-0.2, -0.15) is 5.10 Å². The lowest BCUT2D eigenvalue weighted by atomic mass is 10.1. The molecule has 1 aliphatic rings. The van der Waals surface area contributed by atoms with Crippen LogP contribution in [0, 0.1) is 6.92 Å². The van der Waals surface area contributed by atoms with Crippen LogP contribution in [0.3, 0.4) is 0 Å². The van der Waals surface area contributed by atoms with E-state index in [9.17, 15) is 4.79 Å². The second kappa shape index (κ2) is 8.17. The summed E-state index contributed by atoms with van der Waals surface area (Å²) in [6, 6.07) is 6.11. The van der Waals surface area contributed by atoms with Crippen LogP contribution in [0.5, 0.6) is 5.75 Å². The number of hydrogen-bond acceptors (Lipinski definition) is 4. The molecule has 3 rings (SSSR count). The highest BCUT2D eigenvalue weighted by molar-refractivity contribution is 5.94. The van der Waals surface area contributed by atoms with Gasteiger partial charge in [-0.15, -0.1) is 12.4 Å². The molecule has 130 valence electrons. The van der Waals surface area contributed by atoms with Crippen LogP contribution in [0.4, 0.5) is 0 Å². The first-order valence-corrected chi connectivity index (χ1v) is 7.87. The Kier molecular flexibility index (Phi) is 6.23. The summed E-state index contributed by atoms with van der Waals surface area (Å²) in [6.45, 7) is 4.20. The van der Waals surface area contributed by atoms with Crippen LogP contribution < -0.4 is 15.4 Å². The Bertz CT molecular complexity index is 715. The van der Waals surface area contributed by atoms with Crippen LogP contribution in [0.1, 0.15) is 32.9 Å². The van der Waals surface area contributed by atoms with Crippen molar-refractivity contribution in [2.75, 3.05) is 20.2 Å². The van der Waals surface area contributed by atoms with Crippen molar-refractivity contribution in [1.29, 1.82) is 0 Å². The van der Waals surface area contributed by atoms with E-state index < -0.39 is 0 Å². The average Bonchev–Trinajstić information content (AvgIpc) is 3.00. The quantitative estimate of drug-likeness (QED) is 0.768. The molecule has 24 heavy (non-hydrogen) atoms. The number of aryl methyl sites for hydroxylation is 1. The first-order valence-electron chi connectivity index (χ1n) is 7.87. The number of aromatic amines is 1. The van der Waals surface area contributed by atoms with E-state index in [-0.39, 0.29) is 18.3 Å². The highest BCUT2D eigenvalue weighted by Crippen LogP contribution is 2.19. The lowest BCUT2D eigenvalue weighted by Gasteiger charge is -2.13. The van der Waals surface area contributed by atoms with Gasteiger partial charge in [0.05, 0.1) is 7.11 Å². The van der Waals surface area contributed by atoms with E-state index in [4.69, 9.17) is 4.74 Å². The van der Waals surface area contributed by atoms with Gasteiger partial charge in [-0.25, -0.2) is 0 Å². The zero-order valence-corrected chi connectivity index (χ0v) is 14.8. The summed E-state index contributed by atoms with van der Waals surface area (Å²) in [4.78, 5) is 12.3. The molecule has 3 N–H and O–H groups in total. The Morgan fingerprint density at radius 2 is 2.25 bits per heavy atom. The van der Waals surface area contributed by atoms with Crippen molar-refractivity contribution in [2.24, 2.45) is 0 Å². The number of carbonyl (C=O) groups is 1. The van der Waals surface area contributed by atoms with Crippen molar-refractivity contribution in [2.45, 2.75) is 26.3 Å². The van der Waals surface area contributed by atoms with Gasteiger partial charge in [0.25, 0.3) is 5.91 Å². The van der Waals surface area contributed by atoms with E-state index in [2.05, 4.69) is 26.9 Å². The lowest BCUT2D eigenvalue weighted by molar-refractivity contribution is 0.0948. The maximum atomic E-state index is 12.3. The molecule has 7 heteroatoms. The average molecular weight is 351 g/mol. The summed E-state index contributed by atoms with van der Waals surface area (Å²) < 4.78 is 5.33. The maximum absolute atomic E-state index is 12.3. The van der Waals surface area contributed by atoms with Gasteiger partial charge in [0.1, 0.15) is 5.75 Å². The minimum absolute atomic E-state index is 0. The van der Waals surface area contributed by atoms with Gasteiger partial charge in [-0.05, 0) is 30.5 Å². The standard InChI is InChI=1S/C17H22N4O2.ClH/c1-11-3-4-12(9-15(11)23-2)5-8-19-17(22)16-13-10-18-7-6-14(13)20-21-16;/h3-4,9,18H,5-8,10H2,1-2H3,(H,19,22)(H,20,21);1H. The van der Waals surface area contributed by atoms with Crippen LogP contribution in [0.15, 0.2) is 18.2 Å². The summed E-state index contributed by atoms with van der Waals surface area (Å²) in [5.41, 5.74) is 4.81. The molecule has 0 aliphatic carbocycles. The number of halogens is 1. The Hall–Kier alpha value is -2.05. The summed E-state index contributed by atoms with van der Waals surface area (Å²) in [5, 5.41) is 13.3. The number of fused-ring (bicyclic) bond motifs is 1. The molecule has 0 bridgehead atoms. The molecule has 0 fully saturated rings. The fraction of sp³-hybridized carbons (Fsp3) is 0.412. The van der Waals surface area contributed by atoms with Gasteiger partial charge in [-0.1, -0.05) is 12.1 Å². The lowest BCUT2D eigenvalue weighted by Crippen LogP contribution is -2.29. The van der Waals surface area contributed by atoms with Gasteiger partial charge in [0.15, 0.2) is 5.69 Å². The van der Waals surface area contributed by atoms with Gasteiger partial charge in [0, 0.05) is 37.3 Å². The van der Waals surface area contributed by atoms with E-state index >= 15 is 0 Å². The second-order valence-electron chi connectivity index (χ2n) is 5.77. The molecule has 0 saturated carbocycles. The monoisotopic (exact) mass is 350 g/mol. The number of hydrogen-bond donors (Lipinski definition) is 3. The predicted molar refractivity (Wildman–Crippen MR) is 95.0 cm³/mol. The van der Waals surface area contributed by atoms with Crippen molar-refractivity contribution in [3.05, 3.63) is 46.3 Å². The molecule has 1 aromatic heterocycles. The molecule has 1 aromatic carbocycles. The van der Waals surface area contributed by atoms with Crippen LogP contribution in [0.25, 0.3) is 0 Å². The molecule has 0 atom stereocenters. The van der Waals surface area contributed by atoms with Crippen LogP contribution in [0.2, 0.25) is 0 Å². The van der Waals surface area contributed by atoms with E-state index in [0.29, 0.717) is 18.8 Å². The zero-order valence-electron chi connectivity index (χ0n) is 13.9. The molecule has 6 nitrogen and oxygen atoms in total. The second-order valence-corrected chi connectivity index (χ2v) is 5.77. The first-order chi connectivity index (χ1) is 11.2. The molecule has 0 radical (unpaired) electrons. The number of benzene rings is 1. The maximum Gasteiger partial charge on any atom is 0.272 e. The number of nitrogens with one attached hydrogen (secondary N) is 3. The van der Waals surface area contributed by atoms with E-state index in [1.54, 1.807) is 7.11 Å². The third-order valence-electron chi connectivity index (χ3n) is 4.19. The molecular weight excluding hydrogens is 328 g/mol. The summed E-state index contributed by atoms with van der Waals surface area (Å²) >= 11 is 0. The van der Waals surface area contributed by atoms with Gasteiger partial charge in [-0.3, -0.25) is 9.89 Å². The Labute approximate surface area is 147 Å². The molecule has 0 spiro atoms. The molecule has 0 saturated heterocycles. The van der Waals surface area contributed by atoms with Crippen LogP contribution >= 0.6 is 12.4 Å². The fourth-order valence-electron chi connectivity index (χ4n) is 2.84. The number of aromatic nitrogens is 2. The van der Waals surface area contributed by atoms with Crippen molar-refractivity contribution in [3.63, 3.8) is 0 Å². The molecule has 1 aliphatic heterocycles. The fourth-order valence-corrected chi connectivity index (χ4v) is 2.84. The van der Waals surface area contributed by atoms with E-state index in [1.165, 1.54) is 0 Å². The van der Waals surface area contributed by atoms with Crippen LogP contribution in [-0.2, 0) is 19.4 Å². The first kappa shape index (κ1) is 18.3. The molecule has 2 aromatic rings. The highest BCUT2D eigenvalue weighted by Gasteiger charge is 2.21. The predicted octanol–water partition coefficient (Wildman–Crippen LogP) is 1.77. The molecule has 0 unspecified atom stereocenters. The summed E-state index contributed by atoms with van der Waals surface area (Å²) in [5.74, 6) is 0.756. The summed E-state index contributed by atoms with van der Waals surface area (Å²) in [6.07, 6.45) is 1.64. The van der Waals surface area contributed by atoms with Gasteiger partial charge < -0.3 is 15.4 Å². The number of rotatable bonds is 5. The van der Waals surface area contributed by atoms with Gasteiger partial charge >= 0.3 is 0 Å². The number of H-pyrrole nitrogens is 1. The number of ether oxygens (including phenoxy) is 1. The smallest absolute Gasteiger partial charge is 0.272 e. The molecular formula is C17H23ClN4O2. The molecule has 1 amide bonds. The minimum Gasteiger partial charge on any atom is -0.496 e. The van der Waals surface area contributed by atoms with E-state index in [0.717, 1.165) is 47.5 Å². The number of amides is 1. The molecule has 2 heterocycles. The number of carbonyl (C=O) groups excluding carboxylic acids is 1. The largest absolute Gasteiger partial charge is 0.496 e. The third-order valence-corrected chi connectivity index (χ3v) is 4.19. The van der Waals surface area contributed by atoms with Gasteiger partial charge in [0.2, 0.25) is 0 Å². The minimum atomic E-state index is -0.120. The Morgan fingerprint density at radius 1 is 1.42 bits per heavy atom. The van der Waals surface area contributed by atoms with Crippen LogP contribution in [-0.4, -0.2) is 36.3 Å².